The van der Waals surface area contributed by atoms with Crippen molar-refractivity contribution < 1.29 is 4.42 Å². The Hall–Kier alpha value is -0.610. The normalized spacial score (nSPS) is 10.4. The van der Waals surface area contributed by atoms with Crippen LogP contribution in [0.2, 0.25) is 0 Å². The zero-order chi connectivity index (χ0) is 9.84. The lowest BCUT2D eigenvalue weighted by Crippen LogP contribution is -2.14. The van der Waals surface area contributed by atoms with Gasteiger partial charge in [-0.25, -0.2) is 4.98 Å². The molecule has 0 radical (unpaired) electrons. The van der Waals surface area contributed by atoms with Crippen LogP contribution in [-0.4, -0.2) is 11.5 Å². The Kier molecular flexibility index (Phi) is 3.69. The Morgan fingerprint density at radius 2 is 2.31 bits per heavy atom. The van der Waals surface area contributed by atoms with E-state index in [0.29, 0.717) is 6.54 Å². The average molecular weight is 245 g/mol. The number of halogens is 1. The predicted octanol–water partition coefficient (Wildman–Crippen LogP) is 2.29. The fourth-order valence-electron chi connectivity index (χ4n) is 0.920. The van der Waals surface area contributed by atoms with Gasteiger partial charge in [0.15, 0.2) is 0 Å². The highest BCUT2D eigenvalue weighted by Crippen LogP contribution is 2.07. The van der Waals surface area contributed by atoms with E-state index in [4.69, 9.17) is 4.42 Å². The Balaban J connectivity index is 2.41. The Labute approximate surface area is 86.4 Å². The van der Waals surface area contributed by atoms with E-state index in [9.17, 15) is 0 Å². The number of hydrogen-bond donors (Lipinski definition) is 1. The minimum absolute atomic E-state index is 0.638. The third-order valence-electron chi connectivity index (χ3n) is 1.67. The topological polar surface area (TPSA) is 38.1 Å². The molecule has 1 N–H and O–H groups in total. The van der Waals surface area contributed by atoms with Crippen LogP contribution in [0.25, 0.3) is 0 Å². The van der Waals surface area contributed by atoms with E-state index in [1.807, 2.05) is 13.8 Å². The highest BCUT2D eigenvalue weighted by molar-refractivity contribution is 9.11. The number of rotatable bonds is 4. The van der Waals surface area contributed by atoms with Crippen molar-refractivity contribution in [3.63, 3.8) is 0 Å². The van der Waals surface area contributed by atoms with Crippen molar-refractivity contribution in [2.24, 2.45) is 0 Å². The molecule has 0 amide bonds. The first-order chi connectivity index (χ1) is 6.09. The molecule has 0 unspecified atom stereocenters. The Morgan fingerprint density at radius 3 is 2.77 bits per heavy atom. The van der Waals surface area contributed by atoms with Gasteiger partial charge in [-0.1, -0.05) is 22.5 Å². The summed E-state index contributed by atoms with van der Waals surface area (Å²) in [6.45, 7) is 8.92. The lowest BCUT2D eigenvalue weighted by Gasteiger charge is -1.98. The summed E-state index contributed by atoms with van der Waals surface area (Å²) in [5.74, 6) is 1.61. The summed E-state index contributed by atoms with van der Waals surface area (Å²) >= 11 is 3.26. The maximum atomic E-state index is 5.38. The quantitative estimate of drug-likeness (QED) is 0.884. The van der Waals surface area contributed by atoms with E-state index in [0.717, 1.165) is 28.4 Å². The zero-order valence-electron chi connectivity index (χ0n) is 7.85. The van der Waals surface area contributed by atoms with Crippen LogP contribution in [0.5, 0.6) is 0 Å². The summed E-state index contributed by atoms with van der Waals surface area (Å²) in [6.07, 6.45) is 0. The van der Waals surface area contributed by atoms with E-state index in [1.165, 1.54) is 0 Å². The van der Waals surface area contributed by atoms with Gasteiger partial charge in [-0.2, -0.15) is 0 Å². The van der Waals surface area contributed by atoms with Crippen LogP contribution in [0.3, 0.4) is 0 Å². The SMILES string of the molecule is C=C(Br)CNCc1nc(C)c(C)o1. The molecule has 72 valence electrons. The Bertz CT molecular complexity index is 287. The molecule has 1 heterocycles. The van der Waals surface area contributed by atoms with Crippen LogP contribution in [0.15, 0.2) is 15.5 Å². The van der Waals surface area contributed by atoms with Crippen molar-refractivity contribution in [3.05, 3.63) is 28.4 Å². The van der Waals surface area contributed by atoms with Crippen LogP contribution in [0.4, 0.5) is 0 Å². The molecule has 0 bridgehead atoms. The minimum atomic E-state index is 0.638. The molecule has 0 aliphatic heterocycles. The summed E-state index contributed by atoms with van der Waals surface area (Å²) in [5, 5.41) is 3.14. The predicted molar refractivity (Wildman–Crippen MR) is 55.8 cm³/mol. The van der Waals surface area contributed by atoms with Crippen LogP contribution in [-0.2, 0) is 6.54 Å². The lowest BCUT2D eigenvalue weighted by molar-refractivity contribution is 0.454. The van der Waals surface area contributed by atoms with Gasteiger partial charge in [-0.3, -0.25) is 0 Å². The zero-order valence-corrected chi connectivity index (χ0v) is 9.44. The number of hydrogen-bond acceptors (Lipinski definition) is 3. The number of nitrogens with one attached hydrogen (secondary N) is 1. The van der Waals surface area contributed by atoms with E-state index < -0.39 is 0 Å². The van der Waals surface area contributed by atoms with Gasteiger partial charge >= 0.3 is 0 Å². The third-order valence-corrected chi connectivity index (χ3v) is 1.95. The second-order valence-electron chi connectivity index (χ2n) is 2.87. The average Bonchev–Trinajstić information content (AvgIpc) is 2.30. The molecule has 0 saturated heterocycles. The fraction of sp³-hybridized carbons (Fsp3) is 0.444. The van der Waals surface area contributed by atoms with Crippen molar-refractivity contribution in [3.8, 4) is 0 Å². The molecule has 1 rings (SSSR count). The van der Waals surface area contributed by atoms with Crippen molar-refractivity contribution in [2.45, 2.75) is 20.4 Å². The van der Waals surface area contributed by atoms with Gasteiger partial charge in [0.05, 0.1) is 12.2 Å². The summed E-state index contributed by atoms with van der Waals surface area (Å²) in [7, 11) is 0. The number of aromatic nitrogens is 1. The van der Waals surface area contributed by atoms with Gasteiger partial charge in [-0.15, -0.1) is 0 Å². The largest absolute Gasteiger partial charge is 0.444 e. The smallest absolute Gasteiger partial charge is 0.208 e. The fourth-order valence-corrected chi connectivity index (χ4v) is 1.12. The number of aryl methyl sites for hydroxylation is 2. The van der Waals surface area contributed by atoms with Crippen molar-refractivity contribution in [1.82, 2.24) is 10.3 Å². The molecule has 0 saturated carbocycles. The maximum Gasteiger partial charge on any atom is 0.208 e. The molecule has 0 spiro atoms. The minimum Gasteiger partial charge on any atom is -0.444 e. The number of oxazole rings is 1. The summed E-state index contributed by atoms with van der Waals surface area (Å²) in [4.78, 5) is 4.23. The second-order valence-corrected chi connectivity index (χ2v) is 3.99. The van der Waals surface area contributed by atoms with Crippen LogP contribution in [0.1, 0.15) is 17.3 Å². The molecular weight excluding hydrogens is 232 g/mol. The molecule has 0 aromatic carbocycles. The third kappa shape index (κ3) is 3.32. The van der Waals surface area contributed by atoms with Crippen molar-refractivity contribution >= 4 is 15.9 Å². The van der Waals surface area contributed by atoms with Gasteiger partial charge in [0, 0.05) is 11.0 Å². The molecule has 0 aliphatic carbocycles. The first kappa shape index (κ1) is 10.5. The van der Waals surface area contributed by atoms with Gasteiger partial charge in [0.2, 0.25) is 5.89 Å². The molecule has 0 atom stereocenters. The summed E-state index contributed by atoms with van der Waals surface area (Å²) in [5.41, 5.74) is 0.953. The standard InChI is InChI=1S/C9H13BrN2O/c1-6(10)4-11-5-9-12-7(2)8(3)13-9/h11H,1,4-5H2,2-3H3. The van der Waals surface area contributed by atoms with Crippen LogP contribution < -0.4 is 5.32 Å². The highest BCUT2D eigenvalue weighted by atomic mass is 79.9. The Morgan fingerprint density at radius 1 is 1.62 bits per heavy atom. The maximum absolute atomic E-state index is 5.38. The second kappa shape index (κ2) is 4.58. The first-order valence-electron chi connectivity index (χ1n) is 4.06. The highest BCUT2D eigenvalue weighted by Gasteiger charge is 2.03. The van der Waals surface area contributed by atoms with Crippen LogP contribution >= 0.6 is 15.9 Å². The van der Waals surface area contributed by atoms with Gasteiger partial charge in [0.1, 0.15) is 5.76 Å². The molecular formula is C9H13BrN2O. The van der Waals surface area contributed by atoms with E-state index >= 15 is 0 Å². The summed E-state index contributed by atoms with van der Waals surface area (Å²) < 4.78 is 6.30. The molecule has 1 aromatic heterocycles. The van der Waals surface area contributed by atoms with Crippen molar-refractivity contribution in [1.29, 1.82) is 0 Å². The summed E-state index contributed by atoms with van der Waals surface area (Å²) in [6, 6.07) is 0. The van der Waals surface area contributed by atoms with E-state index in [2.05, 4.69) is 32.8 Å². The lowest BCUT2D eigenvalue weighted by atomic mass is 10.4. The van der Waals surface area contributed by atoms with E-state index in [-0.39, 0.29) is 0 Å². The molecule has 4 heteroatoms. The van der Waals surface area contributed by atoms with Gasteiger partial charge in [-0.05, 0) is 13.8 Å². The monoisotopic (exact) mass is 244 g/mol. The van der Waals surface area contributed by atoms with Gasteiger partial charge < -0.3 is 9.73 Å². The molecule has 0 aliphatic rings. The van der Waals surface area contributed by atoms with Crippen LogP contribution in [0, 0.1) is 13.8 Å². The number of nitrogens with zero attached hydrogens (tertiary/aromatic N) is 1. The molecule has 0 fully saturated rings. The molecule has 3 nitrogen and oxygen atoms in total. The van der Waals surface area contributed by atoms with Gasteiger partial charge in [0.25, 0.3) is 0 Å². The first-order valence-corrected chi connectivity index (χ1v) is 4.86. The molecule has 13 heavy (non-hydrogen) atoms. The molecule has 1 aromatic rings. The van der Waals surface area contributed by atoms with Crippen molar-refractivity contribution in [2.75, 3.05) is 6.54 Å². The van der Waals surface area contributed by atoms with E-state index in [1.54, 1.807) is 0 Å².